The Bertz CT molecular complexity index is 741. The van der Waals surface area contributed by atoms with Crippen molar-refractivity contribution in [2.75, 3.05) is 23.4 Å². The Morgan fingerprint density at radius 2 is 2.17 bits per heavy atom. The Morgan fingerprint density at radius 3 is 2.91 bits per heavy atom. The molecule has 0 bridgehead atoms. The van der Waals surface area contributed by atoms with E-state index in [1.54, 1.807) is 17.2 Å². The summed E-state index contributed by atoms with van der Waals surface area (Å²) in [5.74, 6) is 0.953. The van der Waals surface area contributed by atoms with Crippen molar-refractivity contribution in [1.29, 1.82) is 0 Å². The minimum Gasteiger partial charge on any atom is -0.469 e. The van der Waals surface area contributed by atoms with Gasteiger partial charge < -0.3 is 14.5 Å². The smallest absolute Gasteiger partial charge is 0.414 e. The van der Waals surface area contributed by atoms with Crippen LogP contribution in [0.15, 0.2) is 47.1 Å². The number of cyclic esters (lactones) is 1. The molecule has 2 fully saturated rings. The third-order valence-electron chi connectivity index (χ3n) is 4.22. The topological polar surface area (TPSA) is 71.8 Å². The van der Waals surface area contributed by atoms with Crippen molar-refractivity contribution in [3.8, 4) is 0 Å². The minimum absolute atomic E-state index is 0.0208. The van der Waals surface area contributed by atoms with Crippen molar-refractivity contribution in [3.63, 3.8) is 0 Å². The van der Waals surface area contributed by atoms with Crippen LogP contribution in [0, 0.1) is 5.92 Å². The Morgan fingerprint density at radius 1 is 1.26 bits per heavy atom. The molecule has 2 aromatic rings. The number of rotatable bonds is 4. The third kappa shape index (κ3) is 2.67. The van der Waals surface area contributed by atoms with Crippen molar-refractivity contribution in [2.45, 2.75) is 12.3 Å². The highest BCUT2D eigenvalue weighted by Crippen LogP contribution is 2.48. The van der Waals surface area contributed by atoms with E-state index in [0.29, 0.717) is 18.8 Å². The zero-order valence-electron chi connectivity index (χ0n) is 12.4. The number of nitrogens with one attached hydrogen (secondary N) is 1. The first-order chi connectivity index (χ1) is 11.2. The molecule has 0 radical (unpaired) electrons. The fourth-order valence-corrected chi connectivity index (χ4v) is 2.92. The molecule has 4 rings (SSSR count). The highest BCUT2D eigenvalue weighted by molar-refractivity contribution is 5.96. The average molecular weight is 312 g/mol. The lowest BCUT2D eigenvalue weighted by Crippen LogP contribution is -2.23. The lowest BCUT2D eigenvalue weighted by Gasteiger charge is -2.14. The van der Waals surface area contributed by atoms with Crippen LogP contribution in [0.5, 0.6) is 0 Å². The van der Waals surface area contributed by atoms with Crippen LogP contribution in [0.25, 0.3) is 0 Å². The first-order valence-electron chi connectivity index (χ1n) is 7.61. The first kappa shape index (κ1) is 13.9. The van der Waals surface area contributed by atoms with Gasteiger partial charge in [-0.15, -0.1) is 0 Å². The Labute approximate surface area is 133 Å². The highest BCUT2D eigenvalue weighted by Gasteiger charge is 2.45. The molecule has 2 heterocycles. The second-order valence-corrected chi connectivity index (χ2v) is 5.77. The van der Waals surface area contributed by atoms with Crippen molar-refractivity contribution in [1.82, 2.24) is 0 Å². The summed E-state index contributed by atoms with van der Waals surface area (Å²) in [5, 5.41) is 2.92. The Hall–Kier alpha value is -2.76. The number of amides is 2. The van der Waals surface area contributed by atoms with Gasteiger partial charge in [0.15, 0.2) is 0 Å². The summed E-state index contributed by atoms with van der Waals surface area (Å²) < 4.78 is 10.3. The molecule has 2 atom stereocenters. The van der Waals surface area contributed by atoms with E-state index in [-0.39, 0.29) is 23.8 Å². The molecular formula is C17H16N2O4. The average Bonchev–Trinajstić information content (AvgIpc) is 2.95. The van der Waals surface area contributed by atoms with E-state index < -0.39 is 0 Å². The van der Waals surface area contributed by atoms with Crippen LogP contribution in [0.3, 0.4) is 0 Å². The monoisotopic (exact) mass is 312 g/mol. The van der Waals surface area contributed by atoms with Crippen LogP contribution in [-0.2, 0) is 9.53 Å². The summed E-state index contributed by atoms with van der Waals surface area (Å²) >= 11 is 0. The summed E-state index contributed by atoms with van der Waals surface area (Å²) in [5.41, 5.74) is 1.40. The van der Waals surface area contributed by atoms with Crippen LogP contribution in [-0.4, -0.2) is 25.2 Å². The maximum absolute atomic E-state index is 12.3. The summed E-state index contributed by atoms with van der Waals surface area (Å²) in [6.07, 6.45) is 2.08. The van der Waals surface area contributed by atoms with Gasteiger partial charge in [-0.25, -0.2) is 4.79 Å². The summed E-state index contributed by atoms with van der Waals surface area (Å²) in [6.45, 7) is 0.918. The standard InChI is InChI=1S/C17H16N2O4/c20-16(14-10-13(14)15-5-2-7-22-15)18-11-3-1-4-12(9-11)19-6-8-23-17(19)21/h1-5,7,9,13-14H,6,8,10H2,(H,18,20)/t13-,14+/m0/s1. The molecule has 1 aromatic heterocycles. The predicted octanol–water partition coefficient (Wildman–Crippen LogP) is 2.98. The van der Waals surface area contributed by atoms with Gasteiger partial charge in [0.1, 0.15) is 12.4 Å². The van der Waals surface area contributed by atoms with Gasteiger partial charge in [-0.2, -0.15) is 0 Å². The second-order valence-electron chi connectivity index (χ2n) is 5.77. The normalized spacial score (nSPS) is 22.8. The SMILES string of the molecule is O=C(Nc1cccc(N2CCOC2=O)c1)[C@@H]1C[C@@H]1c1ccco1. The fraction of sp³-hybridized carbons (Fsp3) is 0.294. The number of carbonyl (C=O) groups is 2. The number of anilines is 2. The lowest BCUT2D eigenvalue weighted by molar-refractivity contribution is -0.117. The molecule has 2 aliphatic rings. The first-order valence-corrected chi connectivity index (χ1v) is 7.61. The van der Waals surface area contributed by atoms with Gasteiger partial charge in [0.05, 0.1) is 12.8 Å². The number of carbonyl (C=O) groups excluding carboxylic acids is 2. The Balaban J connectivity index is 1.43. The van der Waals surface area contributed by atoms with Crippen LogP contribution in [0.4, 0.5) is 16.2 Å². The summed E-state index contributed by atoms with van der Waals surface area (Å²) in [4.78, 5) is 25.5. The van der Waals surface area contributed by atoms with Crippen LogP contribution >= 0.6 is 0 Å². The van der Waals surface area contributed by atoms with Crippen molar-refractivity contribution in [3.05, 3.63) is 48.4 Å². The molecule has 1 aliphatic heterocycles. The maximum Gasteiger partial charge on any atom is 0.414 e. The number of benzene rings is 1. The quantitative estimate of drug-likeness (QED) is 0.942. The number of furan rings is 1. The van der Waals surface area contributed by atoms with E-state index in [0.717, 1.165) is 17.9 Å². The van der Waals surface area contributed by atoms with Gasteiger partial charge in [0.25, 0.3) is 0 Å². The molecule has 1 aliphatic carbocycles. The number of hydrogen-bond donors (Lipinski definition) is 1. The number of hydrogen-bond acceptors (Lipinski definition) is 4. The minimum atomic E-state index is -0.353. The van der Waals surface area contributed by atoms with Gasteiger partial charge in [-0.1, -0.05) is 6.07 Å². The molecular weight excluding hydrogens is 296 g/mol. The molecule has 6 heteroatoms. The lowest BCUT2D eigenvalue weighted by atomic mass is 10.2. The molecule has 1 saturated carbocycles. The molecule has 23 heavy (non-hydrogen) atoms. The van der Waals surface area contributed by atoms with Crippen LogP contribution in [0.1, 0.15) is 18.1 Å². The van der Waals surface area contributed by atoms with E-state index >= 15 is 0 Å². The third-order valence-corrected chi connectivity index (χ3v) is 4.22. The van der Waals surface area contributed by atoms with E-state index in [4.69, 9.17) is 9.15 Å². The van der Waals surface area contributed by atoms with Gasteiger partial charge in [-0.3, -0.25) is 9.69 Å². The van der Waals surface area contributed by atoms with Crippen molar-refractivity contribution < 1.29 is 18.7 Å². The number of ether oxygens (including phenoxy) is 1. The van der Waals surface area contributed by atoms with E-state index in [9.17, 15) is 9.59 Å². The molecule has 1 aromatic carbocycles. The van der Waals surface area contributed by atoms with Crippen LogP contribution < -0.4 is 10.2 Å². The molecule has 1 N–H and O–H groups in total. The van der Waals surface area contributed by atoms with Crippen LogP contribution in [0.2, 0.25) is 0 Å². The van der Waals surface area contributed by atoms with Gasteiger partial charge in [0, 0.05) is 23.2 Å². The zero-order chi connectivity index (χ0) is 15.8. The van der Waals surface area contributed by atoms with Crippen molar-refractivity contribution in [2.24, 2.45) is 5.92 Å². The maximum atomic E-state index is 12.3. The van der Waals surface area contributed by atoms with Gasteiger partial charge in [0.2, 0.25) is 5.91 Å². The van der Waals surface area contributed by atoms with E-state index in [2.05, 4.69) is 5.32 Å². The molecule has 2 amide bonds. The largest absolute Gasteiger partial charge is 0.469 e. The molecule has 118 valence electrons. The Kier molecular flexibility index (Phi) is 3.29. The van der Waals surface area contributed by atoms with Crippen molar-refractivity contribution >= 4 is 23.4 Å². The highest BCUT2D eigenvalue weighted by atomic mass is 16.6. The second kappa shape index (κ2) is 5.46. The fourth-order valence-electron chi connectivity index (χ4n) is 2.92. The predicted molar refractivity (Wildman–Crippen MR) is 83.3 cm³/mol. The summed E-state index contributed by atoms with van der Waals surface area (Å²) in [7, 11) is 0. The zero-order valence-corrected chi connectivity index (χ0v) is 12.4. The molecule has 1 saturated heterocycles. The van der Waals surface area contributed by atoms with E-state index in [1.807, 2.05) is 30.3 Å². The summed E-state index contributed by atoms with van der Waals surface area (Å²) in [6, 6.07) is 11.0. The number of nitrogens with zero attached hydrogens (tertiary/aromatic N) is 1. The molecule has 6 nitrogen and oxygen atoms in total. The van der Waals surface area contributed by atoms with Gasteiger partial charge >= 0.3 is 6.09 Å². The molecule has 0 unspecified atom stereocenters. The molecule has 0 spiro atoms. The van der Waals surface area contributed by atoms with Gasteiger partial charge in [-0.05, 0) is 36.8 Å². The van der Waals surface area contributed by atoms with E-state index in [1.165, 1.54) is 0 Å².